The summed E-state index contributed by atoms with van der Waals surface area (Å²) in [6.45, 7) is 7.67. The van der Waals surface area contributed by atoms with Crippen LogP contribution in [0.15, 0.2) is 24.3 Å². The SMILES string of the molecule is C[C@H](c1ccc(C2CC2)cc1)N(C)C(=O)OC(C)(C)C. The minimum atomic E-state index is -0.457. The average molecular weight is 275 g/mol. The van der Waals surface area contributed by atoms with E-state index in [4.69, 9.17) is 4.74 Å². The van der Waals surface area contributed by atoms with Crippen molar-refractivity contribution in [2.45, 2.75) is 58.1 Å². The minimum absolute atomic E-state index is 0.0121. The predicted octanol–water partition coefficient (Wildman–Crippen LogP) is 4.49. The fourth-order valence-electron chi connectivity index (χ4n) is 2.18. The van der Waals surface area contributed by atoms with E-state index in [1.54, 1.807) is 11.9 Å². The Kier molecular flexibility index (Phi) is 4.07. The third-order valence-corrected chi connectivity index (χ3v) is 3.73. The van der Waals surface area contributed by atoms with E-state index in [2.05, 4.69) is 24.3 Å². The molecule has 0 N–H and O–H groups in total. The van der Waals surface area contributed by atoms with Crippen LogP contribution in [-0.4, -0.2) is 23.6 Å². The van der Waals surface area contributed by atoms with E-state index in [-0.39, 0.29) is 12.1 Å². The third kappa shape index (κ3) is 3.75. The second kappa shape index (κ2) is 5.47. The smallest absolute Gasteiger partial charge is 0.410 e. The second-order valence-corrected chi connectivity index (χ2v) is 6.71. The van der Waals surface area contributed by atoms with Crippen molar-refractivity contribution >= 4 is 6.09 Å². The van der Waals surface area contributed by atoms with E-state index in [1.807, 2.05) is 27.7 Å². The molecule has 0 unspecified atom stereocenters. The number of nitrogens with zero attached hydrogens (tertiary/aromatic N) is 1. The number of ether oxygens (including phenoxy) is 1. The Morgan fingerprint density at radius 1 is 1.25 bits per heavy atom. The molecule has 0 bridgehead atoms. The minimum Gasteiger partial charge on any atom is -0.444 e. The summed E-state index contributed by atoms with van der Waals surface area (Å²) in [7, 11) is 1.79. The molecule has 1 aromatic carbocycles. The molecule has 0 radical (unpaired) electrons. The summed E-state index contributed by atoms with van der Waals surface area (Å²) in [4.78, 5) is 13.7. The fourth-order valence-corrected chi connectivity index (χ4v) is 2.18. The van der Waals surface area contributed by atoms with Gasteiger partial charge in [-0.15, -0.1) is 0 Å². The van der Waals surface area contributed by atoms with Crippen LogP contribution >= 0.6 is 0 Å². The monoisotopic (exact) mass is 275 g/mol. The maximum absolute atomic E-state index is 12.1. The lowest BCUT2D eigenvalue weighted by molar-refractivity contribution is 0.0234. The van der Waals surface area contributed by atoms with Gasteiger partial charge < -0.3 is 9.64 Å². The van der Waals surface area contributed by atoms with Gasteiger partial charge in [-0.2, -0.15) is 0 Å². The summed E-state index contributed by atoms with van der Waals surface area (Å²) in [5.74, 6) is 0.767. The molecule has 3 nitrogen and oxygen atoms in total. The Morgan fingerprint density at radius 2 is 1.80 bits per heavy atom. The number of hydrogen-bond donors (Lipinski definition) is 0. The van der Waals surface area contributed by atoms with Crippen LogP contribution in [0, 0.1) is 0 Å². The fraction of sp³-hybridized carbons (Fsp3) is 0.588. The van der Waals surface area contributed by atoms with Gasteiger partial charge >= 0.3 is 6.09 Å². The van der Waals surface area contributed by atoms with Gasteiger partial charge in [0.2, 0.25) is 0 Å². The average Bonchev–Trinajstić information content (AvgIpc) is 3.19. The first-order valence-electron chi connectivity index (χ1n) is 7.33. The van der Waals surface area contributed by atoms with Gasteiger partial charge in [-0.1, -0.05) is 24.3 Å². The predicted molar refractivity (Wildman–Crippen MR) is 80.8 cm³/mol. The number of amides is 1. The van der Waals surface area contributed by atoms with Crippen molar-refractivity contribution < 1.29 is 9.53 Å². The lowest BCUT2D eigenvalue weighted by Crippen LogP contribution is -2.35. The first kappa shape index (κ1) is 14.9. The Labute approximate surface area is 121 Å². The van der Waals surface area contributed by atoms with Crippen molar-refractivity contribution in [3.63, 3.8) is 0 Å². The quantitative estimate of drug-likeness (QED) is 0.813. The summed E-state index contributed by atoms with van der Waals surface area (Å²) in [5.41, 5.74) is 2.10. The zero-order valence-electron chi connectivity index (χ0n) is 13.1. The Bertz CT molecular complexity index is 469. The topological polar surface area (TPSA) is 29.5 Å². The highest BCUT2D eigenvalue weighted by Crippen LogP contribution is 2.40. The van der Waals surface area contributed by atoms with Crippen LogP contribution in [0.25, 0.3) is 0 Å². The van der Waals surface area contributed by atoms with Crippen molar-refractivity contribution in [3.8, 4) is 0 Å². The van der Waals surface area contributed by atoms with E-state index in [1.165, 1.54) is 18.4 Å². The number of carbonyl (C=O) groups is 1. The van der Waals surface area contributed by atoms with Gasteiger partial charge in [0.05, 0.1) is 6.04 Å². The van der Waals surface area contributed by atoms with Gasteiger partial charge in [0.1, 0.15) is 5.60 Å². The maximum atomic E-state index is 12.1. The lowest BCUT2D eigenvalue weighted by Gasteiger charge is -2.29. The van der Waals surface area contributed by atoms with Gasteiger partial charge in [0.25, 0.3) is 0 Å². The third-order valence-electron chi connectivity index (χ3n) is 3.73. The molecule has 3 heteroatoms. The molecular formula is C17H25NO2. The van der Waals surface area contributed by atoms with E-state index < -0.39 is 5.60 Å². The molecule has 0 heterocycles. The molecule has 1 atom stereocenters. The summed E-state index contributed by atoms with van der Waals surface area (Å²) in [6.07, 6.45) is 2.34. The van der Waals surface area contributed by atoms with Crippen molar-refractivity contribution in [2.75, 3.05) is 7.05 Å². The number of rotatable bonds is 3. The number of carbonyl (C=O) groups excluding carboxylic acids is 1. The molecule has 0 spiro atoms. The van der Waals surface area contributed by atoms with Crippen molar-refractivity contribution in [3.05, 3.63) is 35.4 Å². The van der Waals surface area contributed by atoms with Crippen LogP contribution in [0.2, 0.25) is 0 Å². The zero-order chi connectivity index (χ0) is 14.9. The molecule has 0 saturated heterocycles. The molecule has 1 saturated carbocycles. The molecule has 0 aliphatic heterocycles. The molecule has 1 amide bonds. The van der Waals surface area contributed by atoms with Gasteiger partial charge in [-0.3, -0.25) is 0 Å². The van der Waals surface area contributed by atoms with Crippen molar-refractivity contribution in [1.29, 1.82) is 0 Å². The largest absolute Gasteiger partial charge is 0.444 e. The first-order valence-corrected chi connectivity index (χ1v) is 7.33. The molecule has 1 fully saturated rings. The molecule has 110 valence electrons. The van der Waals surface area contributed by atoms with Crippen LogP contribution in [0.3, 0.4) is 0 Å². The highest BCUT2D eigenvalue weighted by molar-refractivity contribution is 5.68. The lowest BCUT2D eigenvalue weighted by atomic mass is 10.0. The van der Waals surface area contributed by atoms with E-state index in [0.717, 1.165) is 11.5 Å². The van der Waals surface area contributed by atoms with Crippen LogP contribution in [0.1, 0.15) is 63.6 Å². The summed E-state index contributed by atoms with van der Waals surface area (Å²) in [6, 6.07) is 8.63. The summed E-state index contributed by atoms with van der Waals surface area (Å²) >= 11 is 0. The standard InChI is InChI=1S/C17H25NO2/c1-12(18(5)16(19)20-17(2,3)4)13-6-8-14(9-7-13)15-10-11-15/h6-9,12,15H,10-11H2,1-5H3/t12-/m1/s1. The Morgan fingerprint density at radius 3 is 2.25 bits per heavy atom. The van der Waals surface area contributed by atoms with Gasteiger partial charge in [-0.25, -0.2) is 4.79 Å². The first-order chi connectivity index (χ1) is 9.28. The van der Waals surface area contributed by atoms with Crippen molar-refractivity contribution in [1.82, 2.24) is 4.90 Å². The summed E-state index contributed by atoms with van der Waals surface area (Å²) in [5, 5.41) is 0. The zero-order valence-corrected chi connectivity index (χ0v) is 13.1. The van der Waals surface area contributed by atoms with Crippen molar-refractivity contribution in [2.24, 2.45) is 0 Å². The number of benzene rings is 1. The normalized spacial score (nSPS) is 16.6. The van der Waals surface area contributed by atoms with Crippen LogP contribution < -0.4 is 0 Å². The van der Waals surface area contributed by atoms with Crippen LogP contribution in [0.5, 0.6) is 0 Å². The maximum Gasteiger partial charge on any atom is 0.410 e. The summed E-state index contributed by atoms with van der Waals surface area (Å²) < 4.78 is 5.40. The van der Waals surface area contributed by atoms with Gasteiger partial charge in [0.15, 0.2) is 0 Å². The molecule has 1 aliphatic rings. The second-order valence-electron chi connectivity index (χ2n) is 6.71. The van der Waals surface area contributed by atoms with Gasteiger partial charge in [0, 0.05) is 7.05 Å². The van der Waals surface area contributed by atoms with Crippen LogP contribution in [-0.2, 0) is 4.74 Å². The van der Waals surface area contributed by atoms with Crippen LogP contribution in [0.4, 0.5) is 4.79 Å². The Hall–Kier alpha value is -1.51. The van der Waals surface area contributed by atoms with Gasteiger partial charge in [-0.05, 0) is 57.6 Å². The number of hydrogen-bond acceptors (Lipinski definition) is 2. The highest BCUT2D eigenvalue weighted by Gasteiger charge is 2.25. The molecule has 1 aliphatic carbocycles. The molecule has 1 aromatic rings. The van der Waals surface area contributed by atoms with E-state index >= 15 is 0 Å². The molecule has 0 aromatic heterocycles. The van der Waals surface area contributed by atoms with E-state index in [0.29, 0.717) is 0 Å². The highest BCUT2D eigenvalue weighted by atomic mass is 16.6. The van der Waals surface area contributed by atoms with E-state index in [9.17, 15) is 4.79 Å². The Balaban J connectivity index is 2.01. The molecule has 20 heavy (non-hydrogen) atoms. The molecular weight excluding hydrogens is 250 g/mol. The molecule has 2 rings (SSSR count).